The quantitative estimate of drug-likeness (QED) is 0.909. The first-order valence-electron chi connectivity index (χ1n) is 7.66. The number of ether oxygens (including phenoxy) is 1. The van der Waals surface area contributed by atoms with Crippen LogP contribution in [0.1, 0.15) is 12.8 Å². The average molecular weight is 296 g/mol. The largest absolute Gasteiger partial charge is 0.445 e. The number of anilines is 1. The number of benzene rings is 2. The van der Waals surface area contributed by atoms with Crippen LogP contribution in [-0.4, -0.2) is 25.3 Å². The lowest BCUT2D eigenvalue weighted by Crippen LogP contribution is -2.37. The summed E-state index contributed by atoms with van der Waals surface area (Å²) in [6.45, 7) is 1.73. The van der Waals surface area contributed by atoms with Crippen molar-refractivity contribution in [1.82, 2.24) is 5.32 Å². The van der Waals surface area contributed by atoms with Crippen molar-refractivity contribution in [2.24, 2.45) is 0 Å². The highest BCUT2D eigenvalue weighted by atomic mass is 16.6. The van der Waals surface area contributed by atoms with Gasteiger partial charge in [0.05, 0.1) is 5.69 Å². The molecular weight excluding hydrogens is 276 g/mol. The Kier molecular flexibility index (Phi) is 4.71. The van der Waals surface area contributed by atoms with Gasteiger partial charge in [0.15, 0.2) is 0 Å². The summed E-state index contributed by atoms with van der Waals surface area (Å²) in [7, 11) is 0. The van der Waals surface area contributed by atoms with Gasteiger partial charge in [0.1, 0.15) is 6.10 Å². The zero-order chi connectivity index (χ0) is 15.2. The summed E-state index contributed by atoms with van der Waals surface area (Å²) in [5, 5.41) is 6.10. The molecule has 0 aliphatic carbocycles. The van der Waals surface area contributed by atoms with Crippen LogP contribution in [0.25, 0.3) is 11.1 Å². The maximum atomic E-state index is 12.1. The van der Waals surface area contributed by atoms with Crippen LogP contribution in [0.15, 0.2) is 54.6 Å². The molecule has 22 heavy (non-hydrogen) atoms. The van der Waals surface area contributed by atoms with Crippen molar-refractivity contribution in [2.45, 2.75) is 18.9 Å². The topological polar surface area (TPSA) is 50.4 Å². The van der Waals surface area contributed by atoms with Gasteiger partial charge >= 0.3 is 6.09 Å². The SMILES string of the molecule is O=C(Nc1ccccc1-c1ccccc1)OC1CCCNC1. The van der Waals surface area contributed by atoms with Crippen LogP contribution in [0.4, 0.5) is 10.5 Å². The number of nitrogens with one attached hydrogen (secondary N) is 2. The lowest BCUT2D eigenvalue weighted by atomic mass is 10.0. The standard InChI is InChI=1S/C18H20N2O2/c21-18(22-15-9-6-12-19-13-15)20-17-11-5-4-10-16(17)14-7-2-1-3-8-14/h1-5,7-8,10-11,15,19H,6,9,12-13H2,(H,20,21). The molecule has 1 heterocycles. The number of piperidine rings is 1. The van der Waals surface area contributed by atoms with Crippen LogP contribution < -0.4 is 10.6 Å². The molecule has 0 radical (unpaired) electrons. The van der Waals surface area contributed by atoms with Crippen LogP contribution in [-0.2, 0) is 4.74 Å². The second-order valence-electron chi connectivity index (χ2n) is 5.41. The Labute approximate surface area is 130 Å². The first-order valence-corrected chi connectivity index (χ1v) is 7.66. The van der Waals surface area contributed by atoms with E-state index in [1.165, 1.54) is 0 Å². The first-order chi connectivity index (χ1) is 10.8. The normalized spacial score (nSPS) is 17.7. The Bertz CT molecular complexity index is 622. The minimum Gasteiger partial charge on any atom is -0.445 e. The molecule has 0 bridgehead atoms. The Morgan fingerprint density at radius 1 is 1.09 bits per heavy atom. The van der Waals surface area contributed by atoms with E-state index >= 15 is 0 Å². The van der Waals surface area contributed by atoms with E-state index in [1.807, 2.05) is 54.6 Å². The van der Waals surface area contributed by atoms with E-state index in [-0.39, 0.29) is 6.10 Å². The Morgan fingerprint density at radius 3 is 2.64 bits per heavy atom. The van der Waals surface area contributed by atoms with Gasteiger partial charge in [-0.25, -0.2) is 4.79 Å². The van der Waals surface area contributed by atoms with Crippen LogP contribution in [0.5, 0.6) is 0 Å². The minimum atomic E-state index is -0.392. The van der Waals surface area contributed by atoms with Gasteiger partial charge in [-0.05, 0) is 31.0 Å². The zero-order valence-corrected chi connectivity index (χ0v) is 12.4. The minimum absolute atomic E-state index is 0.0439. The second-order valence-corrected chi connectivity index (χ2v) is 5.41. The van der Waals surface area contributed by atoms with E-state index in [9.17, 15) is 4.79 Å². The van der Waals surface area contributed by atoms with Gasteiger partial charge in [0.25, 0.3) is 0 Å². The average Bonchev–Trinajstić information content (AvgIpc) is 2.57. The molecule has 3 rings (SSSR count). The molecule has 4 heteroatoms. The number of hydrogen-bond acceptors (Lipinski definition) is 3. The number of hydrogen-bond donors (Lipinski definition) is 2. The van der Waals surface area contributed by atoms with Crippen LogP contribution in [0, 0.1) is 0 Å². The molecule has 1 saturated heterocycles. The highest BCUT2D eigenvalue weighted by molar-refractivity contribution is 5.91. The summed E-state index contributed by atoms with van der Waals surface area (Å²) in [4.78, 5) is 12.1. The van der Waals surface area contributed by atoms with E-state index < -0.39 is 6.09 Å². The van der Waals surface area contributed by atoms with E-state index in [0.717, 1.165) is 42.7 Å². The summed E-state index contributed by atoms with van der Waals surface area (Å²) in [5.41, 5.74) is 2.82. The van der Waals surface area contributed by atoms with Gasteiger partial charge < -0.3 is 10.1 Å². The van der Waals surface area contributed by atoms with Crippen LogP contribution >= 0.6 is 0 Å². The van der Waals surface area contributed by atoms with Gasteiger partial charge in [-0.1, -0.05) is 48.5 Å². The number of para-hydroxylation sites is 1. The van der Waals surface area contributed by atoms with Crippen LogP contribution in [0.2, 0.25) is 0 Å². The van der Waals surface area contributed by atoms with E-state index in [0.29, 0.717) is 0 Å². The molecule has 2 N–H and O–H groups in total. The fourth-order valence-corrected chi connectivity index (χ4v) is 2.67. The predicted molar refractivity (Wildman–Crippen MR) is 87.9 cm³/mol. The fraction of sp³-hybridized carbons (Fsp3) is 0.278. The molecule has 0 aromatic heterocycles. The van der Waals surface area contributed by atoms with E-state index in [2.05, 4.69) is 10.6 Å². The summed E-state index contributed by atoms with van der Waals surface area (Å²) in [6.07, 6.45) is 1.52. The molecule has 114 valence electrons. The Morgan fingerprint density at radius 2 is 1.86 bits per heavy atom. The molecule has 1 atom stereocenters. The highest BCUT2D eigenvalue weighted by Crippen LogP contribution is 2.27. The summed E-state index contributed by atoms with van der Waals surface area (Å²) in [5.74, 6) is 0. The molecule has 4 nitrogen and oxygen atoms in total. The number of carbonyl (C=O) groups is 1. The maximum Gasteiger partial charge on any atom is 0.411 e. The number of carbonyl (C=O) groups excluding carboxylic acids is 1. The van der Waals surface area contributed by atoms with Crippen molar-refractivity contribution in [3.8, 4) is 11.1 Å². The molecule has 0 saturated carbocycles. The maximum absolute atomic E-state index is 12.1. The van der Waals surface area contributed by atoms with Crippen molar-refractivity contribution in [3.05, 3.63) is 54.6 Å². The molecule has 1 aliphatic heterocycles. The Hall–Kier alpha value is -2.33. The van der Waals surface area contributed by atoms with E-state index in [4.69, 9.17) is 4.74 Å². The van der Waals surface area contributed by atoms with Crippen molar-refractivity contribution < 1.29 is 9.53 Å². The highest BCUT2D eigenvalue weighted by Gasteiger charge is 2.18. The zero-order valence-electron chi connectivity index (χ0n) is 12.4. The summed E-state index contributed by atoms with van der Waals surface area (Å²) in [6, 6.07) is 17.7. The third-order valence-electron chi connectivity index (χ3n) is 3.77. The molecule has 2 aromatic rings. The first kappa shape index (κ1) is 14.6. The number of amides is 1. The molecule has 1 fully saturated rings. The predicted octanol–water partition coefficient (Wildman–Crippen LogP) is 3.65. The van der Waals surface area contributed by atoms with E-state index in [1.54, 1.807) is 0 Å². The van der Waals surface area contributed by atoms with Crippen molar-refractivity contribution in [2.75, 3.05) is 18.4 Å². The van der Waals surface area contributed by atoms with Crippen molar-refractivity contribution >= 4 is 11.8 Å². The molecule has 1 unspecified atom stereocenters. The second kappa shape index (κ2) is 7.09. The van der Waals surface area contributed by atoms with Gasteiger partial charge in [0.2, 0.25) is 0 Å². The van der Waals surface area contributed by atoms with Crippen LogP contribution in [0.3, 0.4) is 0 Å². The van der Waals surface area contributed by atoms with Gasteiger partial charge in [-0.2, -0.15) is 0 Å². The smallest absolute Gasteiger partial charge is 0.411 e. The molecule has 1 aliphatic rings. The lowest BCUT2D eigenvalue weighted by molar-refractivity contribution is 0.0941. The molecule has 2 aromatic carbocycles. The monoisotopic (exact) mass is 296 g/mol. The third kappa shape index (κ3) is 3.65. The Balaban J connectivity index is 1.71. The van der Waals surface area contributed by atoms with Gasteiger partial charge in [-0.3, -0.25) is 5.32 Å². The van der Waals surface area contributed by atoms with Gasteiger partial charge in [0, 0.05) is 12.1 Å². The molecule has 1 amide bonds. The fourth-order valence-electron chi connectivity index (χ4n) is 2.67. The van der Waals surface area contributed by atoms with Crippen molar-refractivity contribution in [1.29, 1.82) is 0 Å². The third-order valence-corrected chi connectivity index (χ3v) is 3.77. The molecular formula is C18H20N2O2. The lowest BCUT2D eigenvalue weighted by Gasteiger charge is -2.23. The number of rotatable bonds is 3. The van der Waals surface area contributed by atoms with Crippen molar-refractivity contribution in [3.63, 3.8) is 0 Å². The van der Waals surface area contributed by atoms with Gasteiger partial charge in [-0.15, -0.1) is 0 Å². The summed E-state index contributed by atoms with van der Waals surface area (Å²) >= 11 is 0. The molecule has 0 spiro atoms. The summed E-state index contributed by atoms with van der Waals surface area (Å²) < 4.78 is 5.47.